The molecule has 4 aromatic rings. The lowest BCUT2D eigenvalue weighted by Gasteiger charge is -2.15. The van der Waals surface area contributed by atoms with Gasteiger partial charge in [-0.3, -0.25) is 19.2 Å². The minimum atomic E-state index is -0.669. The van der Waals surface area contributed by atoms with Gasteiger partial charge in [0.1, 0.15) is 5.70 Å². The van der Waals surface area contributed by atoms with Crippen molar-refractivity contribution in [1.82, 2.24) is 5.32 Å². The van der Waals surface area contributed by atoms with Gasteiger partial charge in [-0.2, -0.15) is 0 Å². The Morgan fingerprint density at radius 2 is 1.73 bits per heavy atom. The van der Waals surface area contributed by atoms with Gasteiger partial charge in [-0.25, -0.2) is 9.69 Å². The van der Waals surface area contributed by atoms with Crippen LogP contribution in [0.1, 0.15) is 38.9 Å². The minimum absolute atomic E-state index is 0.00106. The molecule has 1 unspecified atom stereocenters. The van der Waals surface area contributed by atoms with Crippen LogP contribution in [0.4, 0.5) is 11.4 Å². The number of imide groups is 1. The molecule has 222 valence electrons. The Bertz CT molecular complexity index is 1720. The highest BCUT2D eigenvalue weighted by Crippen LogP contribution is 2.35. The topological polar surface area (TPSA) is 122 Å². The maximum Gasteiger partial charge on any atom is 0.338 e. The third-order valence-corrected chi connectivity index (χ3v) is 8.47. The molecular weight excluding hydrogens is 599 g/mol. The van der Waals surface area contributed by atoms with E-state index in [0.717, 1.165) is 9.78 Å². The number of hydrogen-bond donors (Lipinski definition) is 2. The largest absolute Gasteiger partial charge is 0.462 e. The standard InChI is InChI=1S/C33H27N3O6S2/c1-2-42-33(41)22-13-15-24(16-14-22)36-29(37)20-28(32(36)40)44-26-11-6-10-23(18-26)34-31(39)27(19-25-12-7-17-43-25)35-30(38)21-8-4-3-5-9-21/h3-19,28H,2,20H2,1H3,(H,34,39)(H,35,38). The zero-order valence-corrected chi connectivity index (χ0v) is 25.2. The number of rotatable bonds is 10. The molecule has 3 aromatic carbocycles. The van der Waals surface area contributed by atoms with E-state index < -0.39 is 23.0 Å². The van der Waals surface area contributed by atoms with E-state index in [4.69, 9.17) is 4.74 Å². The van der Waals surface area contributed by atoms with Crippen LogP contribution in [0.25, 0.3) is 6.08 Å². The van der Waals surface area contributed by atoms with Crippen molar-refractivity contribution in [3.63, 3.8) is 0 Å². The average molecular weight is 626 g/mol. The van der Waals surface area contributed by atoms with E-state index in [-0.39, 0.29) is 30.5 Å². The number of esters is 1. The van der Waals surface area contributed by atoms with E-state index in [1.54, 1.807) is 79.7 Å². The van der Waals surface area contributed by atoms with Crippen LogP contribution in [-0.2, 0) is 19.1 Å². The third-order valence-electron chi connectivity index (χ3n) is 6.47. The summed E-state index contributed by atoms with van der Waals surface area (Å²) in [5.41, 5.74) is 1.64. The molecule has 0 radical (unpaired) electrons. The van der Waals surface area contributed by atoms with E-state index in [9.17, 15) is 24.0 Å². The highest BCUT2D eigenvalue weighted by Gasteiger charge is 2.40. The molecule has 2 N–H and O–H groups in total. The second-order valence-electron chi connectivity index (χ2n) is 9.52. The lowest BCUT2D eigenvalue weighted by atomic mass is 10.2. The normalized spacial score (nSPS) is 14.8. The molecule has 1 aromatic heterocycles. The predicted molar refractivity (Wildman–Crippen MR) is 170 cm³/mol. The van der Waals surface area contributed by atoms with Gasteiger partial charge in [0.2, 0.25) is 11.8 Å². The summed E-state index contributed by atoms with van der Waals surface area (Å²) in [7, 11) is 0. The lowest BCUT2D eigenvalue weighted by molar-refractivity contribution is -0.121. The Kier molecular flexibility index (Phi) is 9.68. The first-order valence-corrected chi connectivity index (χ1v) is 15.4. The Morgan fingerprint density at radius 3 is 2.43 bits per heavy atom. The van der Waals surface area contributed by atoms with Gasteiger partial charge < -0.3 is 15.4 Å². The number of amides is 4. The van der Waals surface area contributed by atoms with Gasteiger partial charge in [0.05, 0.1) is 23.1 Å². The lowest BCUT2D eigenvalue weighted by Crippen LogP contribution is -2.31. The maximum absolute atomic E-state index is 13.3. The molecule has 1 saturated heterocycles. The first kappa shape index (κ1) is 30.5. The number of ether oxygens (including phenoxy) is 1. The molecule has 4 amide bonds. The number of thiophene rings is 1. The summed E-state index contributed by atoms with van der Waals surface area (Å²) >= 11 is 2.64. The number of hydrogen-bond acceptors (Lipinski definition) is 8. The fraction of sp³-hybridized carbons (Fsp3) is 0.121. The highest BCUT2D eigenvalue weighted by atomic mass is 32.2. The molecule has 0 aliphatic carbocycles. The molecule has 0 bridgehead atoms. The number of carbonyl (C=O) groups is 5. The van der Waals surface area contributed by atoms with Crippen molar-refractivity contribution < 1.29 is 28.7 Å². The van der Waals surface area contributed by atoms with Crippen LogP contribution in [0.5, 0.6) is 0 Å². The number of carbonyl (C=O) groups excluding carboxylic acids is 5. The van der Waals surface area contributed by atoms with Gasteiger partial charge in [0, 0.05) is 27.4 Å². The van der Waals surface area contributed by atoms with Crippen molar-refractivity contribution in [3.05, 3.63) is 118 Å². The smallest absolute Gasteiger partial charge is 0.338 e. The maximum atomic E-state index is 13.3. The van der Waals surface area contributed by atoms with E-state index in [1.165, 1.54) is 35.2 Å². The summed E-state index contributed by atoms with van der Waals surface area (Å²) in [5.74, 6) is -2.14. The SMILES string of the molecule is CCOC(=O)c1ccc(N2C(=O)CC(Sc3cccc(NC(=O)C(=Cc4cccs4)NC(=O)c4ccccc4)c3)C2=O)cc1. The van der Waals surface area contributed by atoms with Gasteiger partial charge >= 0.3 is 5.97 Å². The molecule has 0 saturated carbocycles. The molecule has 5 rings (SSSR count). The molecule has 0 spiro atoms. The summed E-state index contributed by atoms with van der Waals surface area (Å²) in [6, 6.07) is 25.3. The first-order valence-electron chi connectivity index (χ1n) is 13.7. The molecule has 1 aliphatic heterocycles. The summed E-state index contributed by atoms with van der Waals surface area (Å²) < 4.78 is 4.99. The summed E-state index contributed by atoms with van der Waals surface area (Å²) in [6.45, 7) is 1.95. The van der Waals surface area contributed by atoms with Crippen molar-refractivity contribution in [1.29, 1.82) is 0 Å². The number of nitrogens with one attached hydrogen (secondary N) is 2. The summed E-state index contributed by atoms with van der Waals surface area (Å²) in [6.07, 6.45) is 1.61. The Hall–Kier alpha value is -5.00. The van der Waals surface area contributed by atoms with Crippen molar-refractivity contribution in [3.8, 4) is 0 Å². The molecule has 1 atom stereocenters. The Balaban J connectivity index is 1.27. The van der Waals surface area contributed by atoms with Crippen LogP contribution in [-0.4, -0.2) is 41.5 Å². The van der Waals surface area contributed by atoms with E-state index in [2.05, 4.69) is 10.6 Å². The molecule has 11 heteroatoms. The van der Waals surface area contributed by atoms with Crippen LogP contribution >= 0.6 is 23.1 Å². The molecule has 1 aliphatic rings. The van der Waals surface area contributed by atoms with Gasteiger partial charge in [-0.1, -0.05) is 30.3 Å². The first-order chi connectivity index (χ1) is 21.3. The van der Waals surface area contributed by atoms with E-state index in [0.29, 0.717) is 27.4 Å². The zero-order valence-electron chi connectivity index (χ0n) is 23.5. The van der Waals surface area contributed by atoms with Gasteiger partial charge in [-0.15, -0.1) is 23.1 Å². The number of nitrogens with zero attached hydrogens (tertiary/aromatic N) is 1. The predicted octanol–water partition coefficient (Wildman–Crippen LogP) is 5.76. The number of benzene rings is 3. The Morgan fingerprint density at radius 1 is 0.955 bits per heavy atom. The minimum Gasteiger partial charge on any atom is -0.462 e. The van der Waals surface area contributed by atoms with E-state index >= 15 is 0 Å². The third kappa shape index (κ3) is 7.31. The molecule has 1 fully saturated rings. The quantitative estimate of drug-likeness (QED) is 0.131. The van der Waals surface area contributed by atoms with Crippen LogP contribution in [0.2, 0.25) is 0 Å². The van der Waals surface area contributed by atoms with Crippen LogP contribution in [0.15, 0.2) is 107 Å². The average Bonchev–Trinajstić information content (AvgIpc) is 3.64. The van der Waals surface area contributed by atoms with E-state index in [1.807, 2.05) is 17.5 Å². The van der Waals surface area contributed by atoms with Gasteiger partial charge in [0.25, 0.3) is 11.8 Å². The fourth-order valence-corrected chi connectivity index (χ4v) is 6.17. The van der Waals surface area contributed by atoms with Crippen LogP contribution < -0.4 is 15.5 Å². The van der Waals surface area contributed by atoms with Crippen molar-refractivity contribution in [2.45, 2.75) is 23.5 Å². The number of anilines is 2. The van der Waals surface area contributed by atoms with Crippen LogP contribution in [0, 0.1) is 0 Å². The molecule has 9 nitrogen and oxygen atoms in total. The molecule has 2 heterocycles. The highest BCUT2D eigenvalue weighted by molar-refractivity contribution is 8.00. The van der Waals surface area contributed by atoms with Crippen molar-refractivity contribution >= 4 is 70.1 Å². The van der Waals surface area contributed by atoms with Crippen molar-refractivity contribution in [2.24, 2.45) is 0 Å². The second-order valence-corrected chi connectivity index (χ2v) is 11.8. The zero-order chi connectivity index (χ0) is 31.1. The summed E-state index contributed by atoms with van der Waals surface area (Å²) in [4.78, 5) is 66.8. The van der Waals surface area contributed by atoms with Crippen molar-refractivity contribution in [2.75, 3.05) is 16.8 Å². The number of thioether (sulfide) groups is 1. The van der Waals surface area contributed by atoms with Gasteiger partial charge in [-0.05, 0) is 79.0 Å². The van der Waals surface area contributed by atoms with Gasteiger partial charge in [0.15, 0.2) is 0 Å². The second kappa shape index (κ2) is 14.0. The monoisotopic (exact) mass is 625 g/mol. The van der Waals surface area contributed by atoms with Crippen LogP contribution in [0.3, 0.4) is 0 Å². The Labute approximate surface area is 261 Å². The summed E-state index contributed by atoms with van der Waals surface area (Å²) in [5, 5.41) is 6.74. The molecular formula is C33H27N3O6S2. The molecule has 44 heavy (non-hydrogen) atoms. The fourth-order valence-electron chi connectivity index (χ4n) is 4.40.